The number of unbranched alkanes of at least 4 members (excludes halogenated alkanes) is 1. The molecule has 0 heterocycles. The van der Waals surface area contributed by atoms with Crippen LogP contribution in [0.4, 0.5) is 0 Å². The maximum Gasteiger partial charge on any atom is 0.458 e. The summed E-state index contributed by atoms with van der Waals surface area (Å²) in [4.78, 5) is 3.70. The Labute approximate surface area is 63.9 Å². The minimum Gasteiger partial charge on any atom is -0.233 e. The Morgan fingerprint density at radius 2 is 2.33 bits per heavy atom. The third-order valence-electron chi connectivity index (χ3n) is 0.812. The van der Waals surface area contributed by atoms with Gasteiger partial charge in [0.25, 0.3) is 0 Å². The van der Waals surface area contributed by atoms with Crippen LogP contribution < -0.4 is 0 Å². The average Bonchev–Trinajstić information content (AvgIpc) is 1.89. The van der Waals surface area contributed by atoms with Crippen molar-refractivity contribution in [3.8, 4) is 0 Å². The van der Waals surface area contributed by atoms with Gasteiger partial charge in [0.15, 0.2) is 0 Å². The number of hydrogen-bond acceptors (Lipinski definition) is 3. The summed E-state index contributed by atoms with van der Waals surface area (Å²) >= 11 is 4.97. The van der Waals surface area contributed by atoms with E-state index in [0.29, 0.717) is 24.0 Å². The molecule has 2 nitrogen and oxygen atoms in total. The van der Waals surface area contributed by atoms with E-state index in [2.05, 4.69) is 22.4 Å². The monoisotopic (exact) mass is 162 g/mol. The zero-order chi connectivity index (χ0) is 6.95. The zero-order valence-corrected chi connectivity index (χ0v) is 6.63. The van der Waals surface area contributed by atoms with Crippen LogP contribution in [0, 0.1) is 0 Å². The lowest BCUT2D eigenvalue weighted by atomic mass is 10.3. The maximum atomic E-state index is 9.81. The Balaban J connectivity index is 2.90. The van der Waals surface area contributed by atoms with E-state index in [4.69, 9.17) is 0 Å². The summed E-state index contributed by atoms with van der Waals surface area (Å²) in [5.41, 5.74) is 0. The fourth-order valence-corrected chi connectivity index (χ4v) is 0.811. The molecule has 0 atom stereocenters. The molecular weight excluding hydrogens is 154 g/mol. The molecule has 50 valence electrons. The van der Waals surface area contributed by atoms with Crippen molar-refractivity contribution in [1.29, 1.82) is 0 Å². The molecule has 0 radical (unpaired) electrons. The molecule has 0 unspecified atom stereocenters. The third-order valence-corrected chi connectivity index (χ3v) is 1.40. The van der Waals surface area contributed by atoms with Crippen LogP contribution >= 0.6 is 12.2 Å². The normalized spacial score (nSPS) is 8.00. The molecular formula is C5H8NOS2+. The zero-order valence-electron chi connectivity index (χ0n) is 5.00. The Bertz CT molecular complexity index is 120. The highest BCUT2D eigenvalue weighted by atomic mass is 32.1. The summed E-state index contributed by atoms with van der Waals surface area (Å²) in [5, 5.41) is 2.27. The van der Waals surface area contributed by atoms with E-state index in [1.54, 1.807) is 0 Å². The topological polar surface area (TPSA) is 29.4 Å². The predicted molar refractivity (Wildman–Crippen MR) is 42.0 cm³/mol. The molecule has 0 saturated carbocycles. The summed E-state index contributed by atoms with van der Waals surface area (Å²) in [6.07, 6.45) is 1.87. The molecule has 0 aliphatic carbocycles. The summed E-state index contributed by atoms with van der Waals surface area (Å²) in [5.74, 6) is 0.674. The van der Waals surface area contributed by atoms with Gasteiger partial charge < -0.3 is 0 Å². The summed E-state index contributed by atoms with van der Waals surface area (Å²) in [6, 6.07) is 0. The Morgan fingerprint density at radius 1 is 1.56 bits per heavy atom. The van der Waals surface area contributed by atoms with E-state index in [-0.39, 0.29) is 0 Å². The average molecular weight is 162 g/mol. The van der Waals surface area contributed by atoms with Crippen LogP contribution in [0.15, 0.2) is 4.99 Å². The molecule has 0 N–H and O–H groups in total. The van der Waals surface area contributed by atoms with Crippen molar-refractivity contribution in [3.63, 3.8) is 0 Å². The Hall–Kier alpha value is -0.180. The first-order valence-corrected chi connectivity index (χ1v) is 4.02. The second-order valence-electron chi connectivity index (χ2n) is 1.50. The van der Waals surface area contributed by atoms with Crippen molar-refractivity contribution in [3.05, 3.63) is 0 Å². The molecule has 0 spiro atoms. The van der Waals surface area contributed by atoms with E-state index in [0.717, 1.165) is 12.8 Å². The molecule has 0 amide bonds. The Morgan fingerprint density at radius 3 is 2.89 bits per heavy atom. The number of rotatable bonds is 5. The smallest absolute Gasteiger partial charge is 0.233 e. The second kappa shape index (κ2) is 7.82. The fourth-order valence-electron chi connectivity index (χ4n) is 0.397. The summed E-state index contributed by atoms with van der Waals surface area (Å²) < 4.78 is 9.81. The molecule has 0 aromatic rings. The van der Waals surface area contributed by atoms with Gasteiger partial charge in [0.2, 0.25) is 5.75 Å². The predicted octanol–water partition coefficient (Wildman–Crippen LogP) is 1.30. The van der Waals surface area contributed by atoms with Gasteiger partial charge in [-0.3, -0.25) is 0 Å². The summed E-state index contributed by atoms with van der Waals surface area (Å²) in [7, 11) is 0. The number of aliphatic imine (C=N–C) groups is 1. The van der Waals surface area contributed by atoms with Gasteiger partial charge in [0, 0.05) is 17.2 Å². The van der Waals surface area contributed by atoms with Crippen LogP contribution in [0.5, 0.6) is 0 Å². The molecule has 0 aromatic carbocycles. The van der Waals surface area contributed by atoms with E-state index in [1.165, 1.54) is 0 Å². The minimum atomic E-state index is 0.622. The highest BCUT2D eigenvalue weighted by molar-refractivity contribution is 7.78. The lowest BCUT2D eigenvalue weighted by molar-refractivity contribution is 0.603. The van der Waals surface area contributed by atoms with Crippen molar-refractivity contribution in [2.24, 2.45) is 4.99 Å². The Kier molecular flexibility index (Phi) is 7.66. The highest BCUT2D eigenvalue weighted by Crippen LogP contribution is 1.87. The molecule has 9 heavy (non-hydrogen) atoms. The van der Waals surface area contributed by atoms with Gasteiger partial charge >= 0.3 is 11.7 Å². The van der Waals surface area contributed by atoms with Crippen LogP contribution in [-0.2, 0) is 15.9 Å². The molecule has 0 rings (SSSR count). The number of thiocarbonyl (C=S) groups is 1. The third kappa shape index (κ3) is 7.82. The van der Waals surface area contributed by atoms with Gasteiger partial charge in [0.05, 0.1) is 5.16 Å². The van der Waals surface area contributed by atoms with Gasteiger partial charge in [-0.25, -0.2) is 4.99 Å². The highest BCUT2D eigenvalue weighted by Gasteiger charge is 1.94. The first kappa shape index (κ1) is 8.82. The number of hydrogen-bond donors (Lipinski definition) is 0. The van der Waals surface area contributed by atoms with Crippen LogP contribution in [-0.4, -0.2) is 17.5 Å². The maximum absolute atomic E-state index is 9.81. The first-order chi connectivity index (χ1) is 4.41. The van der Waals surface area contributed by atoms with E-state index in [9.17, 15) is 4.21 Å². The number of isothiocyanates is 1. The van der Waals surface area contributed by atoms with Crippen molar-refractivity contribution in [2.45, 2.75) is 12.8 Å². The van der Waals surface area contributed by atoms with Gasteiger partial charge in [0.1, 0.15) is 0 Å². The SMILES string of the molecule is O=[S+]CCCCN=C=S. The van der Waals surface area contributed by atoms with Gasteiger partial charge in [-0.2, -0.15) is 0 Å². The van der Waals surface area contributed by atoms with E-state index in [1.807, 2.05) is 0 Å². The van der Waals surface area contributed by atoms with Crippen molar-refractivity contribution >= 4 is 29.0 Å². The van der Waals surface area contributed by atoms with E-state index >= 15 is 0 Å². The first-order valence-electron chi connectivity index (χ1n) is 2.70. The molecule has 0 aromatic heterocycles. The van der Waals surface area contributed by atoms with Crippen LogP contribution in [0.25, 0.3) is 0 Å². The van der Waals surface area contributed by atoms with Gasteiger partial charge in [-0.05, 0) is 18.6 Å². The molecule has 0 fully saturated rings. The molecule has 0 aliphatic rings. The van der Waals surface area contributed by atoms with Gasteiger partial charge in [-0.15, -0.1) is 0 Å². The van der Waals surface area contributed by atoms with E-state index < -0.39 is 0 Å². The van der Waals surface area contributed by atoms with Crippen LogP contribution in [0.2, 0.25) is 0 Å². The van der Waals surface area contributed by atoms with Crippen LogP contribution in [0.3, 0.4) is 0 Å². The van der Waals surface area contributed by atoms with Crippen molar-refractivity contribution in [1.82, 2.24) is 0 Å². The molecule has 0 aliphatic heterocycles. The lowest BCUT2D eigenvalue weighted by Crippen LogP contribution is -1.84. The minimum absolute atomic E-state index is 0.622. The largest absolute Gasteiger partial charge is 0.458 e. The standard InChI is InChI=1S/C5H8NOS2/c7-9-4-2-1-3-6-5-8/h1-4H2/q+1. The molecule has 0 saturated heterocycles. The molecule has 4 heteroatoms. The lowest BCUT2D eigenvalue weighted by Gasteiger charge is -1.81. The van der Waals surface area contributed by atoms with Crippen molar-refractivity contribution in [2.75, 3.05) is 12.3 Å². The number of nitrogens with zero attached hydrogens (tertiary/aromatic N) is 1. The van der Waals surface area contributed by atoms with Gasteiger partial charge in [-0.1, -0.05) is 0 Å². The van der Waals surface area contributed by atoms with Crippen LogP contribution in [0.1, 0.15) is 12.8 Å². The molecule has 0 bridgehead atoms. The second-order valence-corrected chi connectivity index (χ2v) is 2.33. The quantitative estimate of drug-likeness (QED) is 0.264. The van der Waals surface area contributed by atoms with Crippen molar-refractivity contribution < 1.29 is 4.21 Å². The summed E-state index contributed by atoms with van der Waals surface area (Å²) in [6.45, 7) is 0.712. The fraction of sp³-hybridized carbons (Fsp3) is 0.800.